The summed E-state index contributed by atoms with van der Waals surface area (Å²) in [4.78, 5) is 11.2. The predicted octanol–water partition coefficient (Wildman–Crippen LogP) is 0.508. The summed E-state index contributed by atoms with van der Waals surface area (Å²) in [6.45, 7) is -0.543. The highest BCUT2D eigenvalue weighted by Gasteiger charge is 2.45. The summed E-state index contributed by atoms with van der Waals surface area (Å²) in [6.07, 6.45) is -6.24. The first kappa shape index (κ1) is 23.0. The number of hydrogen-bond acceptors (Lipinski definition) is 8. The number of hydrogen-bond donors (Lipinski definition) is 5. The maximum absolute atomic E-state index is 11.2. The van der Waals surface area contributed by atoms with Gasteiger partial charge in [0, 0.05) is 17.5 Å². The van der Waals surface area contributed by atoms with Crippen molar-refractivity contribution in [1.82, 2.24) is 0 Å². The number of rotatable bonds is 7. The number of aliphatic hydroxyl groups excluding tert-OH is 4. The van der Waals surface area contributed by atoms with Gasteiger partial charge in [-0.1, -0.05) is 12.1 Å². The minimum Gasteiger partial charge on any atom is -0.496 e. The molecule has 3 rings (SSSR count). The van der Waals surface area contributed by atoms with Crippen LogP contribution in [0.15, 0.2) is 36.4 Å². The smallest absolute Gasteiger partial charge is 0.335 e. The minimum absolute atomic E-state index is 0.168. The van der Waals surface area contributed by atoms with E-state index in [9.17, 15) is 30.3 Å². The minimum atomic E-state index is -1.52. The van der Waals surface area contributed by atoms with Gasteiger partial charge in [0.1, 0.15) is 42.0 Å². The molecule has 0 spiro atoms. The van der Waals surface area contributed by atoms with Crippen LogP contribution in [0.1, 0.15) is 33.2 Å². The molecule has 0 amide bonds. The average Bonchev–Trinajstić information content (AvgIpc) is 2.77. The van der Waals surface area contributed by atoms with E-state index in [-0.39, 0.29) is 5.56 Å². The highest BCUT2D eigenvalue weighted by atomic mass is 16.5. The summed E-state index contributed by atoms with van der Waals surface area (Å²) in [6, 6.07) is 9.81. The number of aromatic carboxylic acids is 1. The Hall–Kier alpha value is -2.69. The normalized spacial score (nSPS) is 25.8. The fraction of sp³-hybridized carbons (Fsp3) is 0.409. The van der Waals surface area contributed by atoms with Crippen molar-refractivity contribution in [3.63, 3.8) is 0 Å². The van der Waals surface area contributed by atoms with Crippen LogP contribution in [-0.2, 0) is 11.2 Å². The Morgan fingerprint density at radius 1 is 1.00 bits per heavy atom. The van der Waals surface area contributed by atoms with Crippen molar-refractivity contribution in [2.75, 3.05) is 20.8 Å². The third-order valence-electron chi connectivity index (χ3n) is 5.40. The maximum Gasteiger partial charge on any atom is 0.335 e. The molecule has 168 valence electrons. The van der Waals surface area contributed by atoms with Crippen LogP contribution in [0.3, 0.4) is 0 Å². The lowest BCUT2D eigenvalue weighted by atomic mass is 9.89. The Morgan fingerprint density at radius 2 is 1.71 bits per heavy atom. The van der Waals surface area contributed by atoms with Crippen molar-refractivity contribution in [3.8, 4) is 11.5 Å². The molecule has 0 radical (unpaired) electrons. The molecule has 2 aromatic carbocycles. The molecule has 9 heteroatoms. The third kappa shape index (κ3) is 4.65. The predicted molar refractivity (Wildman–Crippen MR) is 108 cm³/mol. The van der Waals surface area contributed by atoms with Gasteiger partial charge in [-0.2, -0.15) is 0 Å². The Balaban J connectivity index is 1.99. The topological polar surface area (TPSA) is 146 Å². The highest BCUT2D eigenvalue weighted by molar-refractivity contribution is 5.87. The Bertz CT molecular complexity index is 927. The van der Waals surface area contributed by atoms with Gasteiger partial charge in [-0.05, 0) is 29.8 Å². The second-order valence-electron chi connectivity index (χ2n) is 7.34. The van der Waals surface area contributed by atoms with E-state index in [0.717, 1.165) is 5.56 Å². The Kier molecular flexibility index (Phi) is 7.14. The molecule has 0 aromatic heterocycles. The molecular weight excluding hydrogens is 408 g/mol. The zero-order valence-corrected chi connectivity index (χ0v) is 17.1. The van der Waals surface area contributed by atoms with Crippen molar-refractivity contribution >= 4 is 5.97 Å². The van der Waals surface area contributed by atoms with E-state index in [2.05, 4.69) is 0 Å². The Labute approximate surface area is 179 Å². The summed E-state index contributed by atoms with van der Waals surface area (Å²) in [5, 5.41) is 49.3. The second-order valence-corrected chi connectivity index (χ2v) is 7.34. The van der Waals surface area contributed by atoms with Crippen molar-refractivity contribution < 1.29 is 44.5 Å². The van der Waals surface area contributed by atoms with E-state index in [0.29, 0.717) is 29.0 Å². The molecule has 0 aliphatic carbocycles. The summed E-state index contributed by atoms with van der Waals surface area (Å²) in [7, 11) is 2.90. The molecule has 5 N–H and O–H groups in total. The van der Waals surface area contributed by atoms with Crippen LogP contribution in [-0.4, -0.2) is 76.7 Å². The molecule has 0 saturated carbocycles. The van der Waals surface area contributed by atoms with Crippen molar-refractivity contribution in [1.29, 1.82) is 0 Å². The summed E-state index contributed by atoms with van der Waals surface area (Å²) in [5.74, 6) is -0.243. The van der Waals surface area contributed by atoms with Gasteiger partial charge in [0.25, 0.3) is 0 Å². The molecule has 9 nitrogen and oxygen atoms in total. The van der Waals surface area contributed by atoms with E-state index in [1.54, 1.807) is 30.3 Å². The first-order valence-corrected chi connectivity index (χ1v) is 9.68. The fourth-order valence-corrected chi connectivity index (χ4v) is 3.74. The molecule has 1 fully saturated rings. The molecule has 5 atom stereocenters. The highest BCUT2D eigenvalue weighted by Crippen LogP contribution is 2.40. The molecule has 0 unspecified atom stereocenters. The standard InChI is InChI=1S/C22H26O9/c1-29-15-9-14(21-20(26)19(25)18(24)17(10-23)31-21)16(30-2)8-13(15)7-11-4-3-5-12(6-11)22(27)28/h3-6,8-9,17-21,23-26H,7,10H2,1-2H3,(H,27,28)/t17-,18+,19+,20-,21+/m1/s1. The van der Waals surface area contributed by atoms with Gasteiger partial charge in [-0.3, -0.25) is 0 Å². The number of methoxy groups -OCH3 is 2. The lowest BCUT2D eigenvalue weighted by molar-refractivity contribution is -0.232. The zero-order valence-electron chi connectivity index (χ0n) is 17.1. The summed E-state index contributed by atoms with van der Waals surface area (Å²) < 4.78 is 16.6. The number of ether oxygens (including phenoxy) is 3. The molecule has 1 heterocycles. The SMILES string of the molecule is COc1cc([C@@H]2O[C@H](CO)[C@H](O)[C@H](O)[C@H]2O)c(OC)cc1Cc1cccc(C(=O)O)c1. The number of carboxylic acids is 1. The van der Waals surface area contributed by atoms with Gasteiger partial charge in [-0.15, -0.1) is 0 Å². The number of aliphatic hydroxyl groups is 4. The van der Waals surface area contributed by atoms with Gasteiger partial charge in [-0.25, -0.2) is 4.79 Å². The molecule has 2 aromatic rings. The number of benzene rings is 2. The van der Waals surface area contributed by atoms with Crippen molar-refractivity contribution in [2.45, 2.75) is 36.9 Å². The van der Waals surface area contributed by atoms with Crippen LogP contribution in [0.5, 0.6) is 11.5 Å². The lowest BCUT2D eigenvalue weighted by Crippen LogP contribution is -2.55. The largest absolute Gasteiger partial charge is 0.496 e. The number of carbonyl (C=O) groups is 1. The van der Waals surface area contributed by atoms with Gasteiger partial charge in [0.2, 0.25) is 0 Å². The van der Waals surface area contributed by atoms with Crippen LogP contribution in [0.4, 0.5) is 0 Å². The maximum atomic E-state index is 11.2. The van der Waals surface area contributed by atoms with Gasteiger partial charge in [0.05, 0.1) is 26.4 Å². The molecular formula is C22H26O9. The molecule has 0 bridgehead atoms. The van der Waals surface area contributed by atoms with Crippen LogP contribution < -0.4 is 9.47 Å². The first-order valence-electron chi connectivity index (χ1n) is 9.68. The van der Waals surface area contributed by atoms with E-state index >= 15 is 0 Å². The average molecular weight is 434 g/mol. The zero-order chi connectivity index (χ0) is 22.7. The molecule has 1 aliphatic rings. The van der Waals surface area contributed by atoms with E-state index in [4.69, 9.17) is 14.2 Å². The lowest BCUT2D eigenvalue weighted by Gasteiger charge is -2.40. The van der Waals surface area contributed by atoms with Gasteiger partial charge in [0.15, 0.2) is 0 Å². The number of carboxylic acid groups (broad SMARTS) is 1. The van der Waals surface area contributed by atoms with Gasteiger partial charge >= 0.3 is 5.97 Å². The van der Waals surface area contributed by atoms with Crippen LogP contribution in [0, 0.1) is 0 Å². The quantitative estimate of drug-likeness (QED) is 0.421. The third-order valence-corrected chi connectivity index (χ3v) is 5.40. The van der Waals surface area contributed by atoms with Crippen LogP contribution >= 0.6 is 0 Å². The van der Waals surface area contributed by atoms with E-state index in [1.165, 1.54) is 20.3 Å². The Morgan fingerprint density at radius 3 is 2.32 bits per heavy atom. The van der Waals surface area contributed by atoms with E-state index < -0.39 is 43.1 Å². The molecule has 31 heavy (non-hydrogen) atoms. The van der Waals surface area contributed by atoms with E-state index in [1.807, 2.05) is 0 Å². The van der Waals surface area contributed by atoms with Gasteiger partial charge < -0.3 is 39.7 Å². The summed E-state index contributed by atoms with van der Waals surface area (Å²) >= 11 is 0. The van der Waals surface area contributed by atoms with Crippen LogP contribution in [0.2, 0.25) is 0 Å². The molecule has 1 aliphatic heterocycles. The monoisotopic (exact) mass is 434 g/mol. The van der Waals surface area contributed by atoms with Crippen LogP contribution in [0.25, 0.3) is 0 Å². The summed E-state index contributed by atoms with van der Waals surface area (Å²) in [5.41, 5.74) is 2.00. The second kappa shape index (κ2) is 9.63. The van der Waals surface area contributed by atoms with Crippen molar-refractivity contribution in [2.24, 2.45) is 0 Å². The van der Waals surface area contributed by atoms with Crippen molar-refractivity contribution in [3.05, 3.63) is 58.7 Å². The fourth-order valence-electron chi connectivity index (χ4n) is 3.74. The first-order chi connectivity index (χ1) is 14.8. The molecule has 1 saturated heterocycles.